The Balaban J connectivity index is 2.40. The second kappa shape index (κ2) is 3.70. The van der Waals surface area contributed by atoms with E-state index < -0.39 is 0 Å². The smallest absolute Gasteiger partial charge is 0.0519 e. The lowest BCUT2D eigenvalue weighted by Gasteiger charge is -2.14. The SMILES string of the molecule is CC1CCCc2cccc(Br)c2N1. The van der Waals surface area contributed by atoms with Gasteiger partial charge in [0.15, 0.2) is 0 Å². The quantitative estimate of drug-likeness (QED) is 0.730. The maximum absolute atomic E-state index is 3.58. The Bertz CT molecular complexity index is 309. The van der Waals surface area contributed by atoms with Crippen molar-refractivity contribution < 1.29 is 0 Å². The van der Waals surface area contributed by atoms with Crippen molar-refractivity contribution in [2.45, 2.75) is 32.2 Å². The summed E-state index contributed by atoms with van der Waals surface area (Å²) in [5, 5.41) is 3.54. The van der Waals surface area contributed by atoms with E-state index in [0.29, 0.717) is 6.04 Å². The van der Waals surface area contributed by atoms with Crippen molar-refractivity contribution in [3.8, 4) is 0 Å². The molecule has 1 nitrogen and oxygen atoms in total. The molecule has 1 aliphatic rings. The summed E-state index contributed by atoms with van der Waals surface area (Å²) in [5.74, 6) is 0. The number of hydrogen-bond donors (Lipinski definition) is 1. The molecule has 2 rings (SSSR count). The number of anilines is 1. The van der Waals surface area contributed by atoms with Crippen LogP contribution in [0, 0.1) is 0 Å². The molecule has 0 radical (unpaired) electrons. The minimum absolute atomic E-state index is 0.597. The van der Waals surface area contributed by atoms with Gasteiger partial charge in [0.05, 0.1) is 5.69 Å². The predicted octanol–water partition coefficient (Wildman–Crippen LogP) is 3.59. The van der Waals surface area contributed by atoms with Crippen molar-refractivity contribution in [2.75, 3.05) is 5.32 Å². The molecular formula is C11H14BrN. The predicted molar refractivity (Wildman–Crippen MR) is 60.2 cm³/mol. The Morgan fingerprint density at radius 2 is 2.31 bits per heavy atom. The van der Waals surface area contributed by atoms with Crippen molar-refractivity contribution in [1.29, 1.82) is 0 Å². The Hall–Kier alpha value is -0.500. The van der Waals surface area contributed by atoms with Crippen molar-refractivity contribution >= 4 is 21.6 Å². The molecule has 70 valence electrons. The highest BCUT2D eigenvalue weighted by atomic mass is 79.9. The van der Waals surface area contributed by atoms with Crippen LogP contribution in [-0.4, -0.2) is 6.04 Å². The third-order valence-corrected chi connectivity index (χ3v) is 3.23. The van der Waals surface area contributed by atoms with Crippen LogP contribution in [0.25, 0.3) is 0 Å². The maximum Gasteiger partial charge on any atom is 0.0519 e. The fraction of sp³-hybridized carbons (Fsp3) is 0.455. The Morgan fingerprint density at radius 1 is 1.46 bits per heavy atom. The summed E-state index contributed by atoms with van der Waals surface area (Å²) in [4.78, 5) is 0. The molecule has 0 bridgehead atoms. The summed E-state index contributed by atoms with van der Waals surface area (Å²) >= 11 is 3.58. The van der Waals surface area contributed by atoms with Gasteiger partial charge in [-0.05, 0) is 53.7 Å². The number of hydrogen-bond acceptors (Lipinski definition) is 1. The molecule has 1 unspecified atom stereocenters. The zero-order valence-corrected chi connectivity index (χ0v) is 9.39. The van der Waals surface area contributed by atoms with Gasteiger partial charge in [0, 0.05) is 10.5 Å². The minimum Gasteiger partial charge on any atom is -0.381 e. The van der Waals surface area contributed by atoms with Gasteiger partial charge in [-0.25, -0.2) is 0 Å². The van der Waals surface area contributed by atoms with Crippen molar-refractivity contribution in [1.82, 2.24) is 0 Å². The first-order valence-electron chi connectivity index (χ1n) is 4.81. The average Bonchev–Trinajstić information content (AvgIpc) is 2.28. The Kier molecular flexibility index (Phi) is 2.58. The average molecular weight is 240 g/mol. The zero-order valence-electron chi connectivity index (χ0n) is 7.81. The van der Waals surface area contributed by atoms with Gasteiger partial charge >= 0.3 is 0 Å². The van der Waals surface area contributed by atoms with Crippen molar-refractivity contribution in [2.24, 2.45) is 0 Å². The molecule has 0 fully saturated rings. The van der Waals surface area contributed by atoms with Crippen molar-refractivity contribution in [3.63, 3.8) is 0 Å². The largest absolute Gasteiger partial charge is 0.381 e. The van der Waals surface area contributed by atoms with Crippen LogP contribution in [0.15, 0.2) is 22.7 Å². The highest BCUT2D eigenvalue weighted by Crippen LogP contribution is 2.30. The topological polar surface area (TPSA) is 12.0 Å². The van der Waals surface area contributed by atoms with E-state index in [4.69, 9.17) is 0 Å². The first-order chi connectivity index (χ1) is 6.27. The molecule has 0 aliphatic carbocycles. The second-order valence-electron chi connectivity index (χ2n) is 3.71. The summed E-state index contributed by atoms with van der Waals surface area (Å²) < 4.78 is 1.19. The number of halogens is 1. The van der Waals surface area contributed by atoms with Crippen LogP contribution in [0.2, 0.25) is 0 Å². The second-order valence-corrected chi connectivity index (χ2v) is 4.57. The highest BCUT2D eigenvalue weighted by molar-refractivity contribution is 9.10. The molecule has 0 saturated carbocycles. The minimum atomic E-state index is 0.597. The Morgan fingerprint density at radius 3 is 3.15 bits per heavy atom. The van der Waals surface area contributed by atoms with E-state index in [1.54, 1.807) is 0 Å². The van der Waals surface area contributed by atoms with Crippen molar-refractivity contribution in [3.05, 3.63) is 28.2 Å². The Labute approximate surface area is 87.7 Å². The number of para-hydroxylation sites is 1. The van der Waals surface area contributed by atoms with Gasteiger partial charge in [0.1, 0.15) is 0 Å². The van der Waals surface area contributed by atoms with Crippen LogP contribution in [0.5, 0.6) is 0 Å². The molecule has 13 heavy (non-hydrogen) atoms. The molecule has 1 aromatic rings. The molecule has 0 aromatic heterocycles. The standard InChI is InChI=1S/C11H14BrN/c1-8-4-2-5-9-6-3-7-10(12)11(9)13-8/h3,6-8,13H,2,4-5H2,1H3. The van der Waals surface area contributed by atoms with E-state index >= 15 is 0 Å². The third kappa shape index (κ3) is 1.88. The molecule has 1 heterocycles. The fourth-order valence-corrected chi connectivity index (χ4v) is 2.38. The molecule has 0 spiro atoms. The summed E-state index contributed by atoms with van der Waals surface area (Å²) in [6.07, 6.45) is 3.75. The van der Waals surface area contributed by atoms with E-state index in [9.17, 15) is 0 Å². The normalized spacial score (nSPS) is 21.5. The molecule has 0 saturated heterocycles. The zero-order chi connectivity index (χ0) is 9.26. The molecule has 2 heteroatoms. The number of aryl methyl sites for hydroxylation is 1. The summed E-state index contributed by atoms with van der Waals surface area (Å²) in [6, 6.07) is 7.02. The molecule has 1 atom stereocenters. The van der Waals surface area contributed by atoms with E-state index in [2.05, 4.69) is 46.4 Å². The van der Waals surface area contributed by atoms with Crippen LogP contribution in [0.4, 0.5) is 5.69 Å². The van der Waals surface area contributed by atoms with E-state index in [0.717, 1.165) is 0 Å². The summed E-state index contributed by atoms with van der Waals surface area (Å²) in [5.41, 5.74) is 2.74. The van der Waals surface area contributed by atoms with Gasteiger partial charge in [0.2, 0.25) is 0 Å². The number of benzene rings is 1. The molecule has 0 amide bonds. The fourth-order valence-electron chi connectivity index (χ4n) is 1.86. The summed E-state index contributed by atoms with van der Waals surface area (Å²) in [7, 11) is 0. The monoisotopic (exact) mass is 239 g/mol. The van der Waals surface area contributed by atoms with Gasteiger partial charge in [-0.2, -0.15) is 0 Å². The van der Waals surface area contributed by atoms with Gasteiger partial charge in [-0.1, -0.05) is 12.1 Å². The number of nitrogens with one attached hydrogen (secondary N) is 1. The molecule has 1 aromatic carbocycles. The lowest BCUT2D eigenvalue weighted by atomic mass is 10.1. The van der Waals surface area contributed by atoms with Gasteiger partial charge in [0.25, 0.3) is 0 Å². The first-order valence-corrected chi connectivity index (χ1v) is 5.60. The number of rotatable bonds is 0. The van der Waals surface area contributed by atoms with Crippen LogP contribution in [-0.2, 0) is 6.42 Å². The van der Waals surface area contributed by atoms with E-state index in [1.165, 1.54) is 35.0 Å². The van der Waals surface area contributed by atoms with Crippen LogP contribution in [0.1, 0.15) is 25.3 Å². The lowest BCUT2D eigenvalue weighted by Crippen LogP contribution is -2.13. The third-order valence-electron chi connectivity index (χ3n) is 2.57. The first kappa shape index (κ1) is 9.07. The van der Waals surface area contributed by atoms with Gasteiger partial charge in [-0.15, -0.1) is 0 Å². The van der Waals surface area contributed by atoms with Gasteiger partial charge in [-0.3, -0.25) is 0 Å². The highest BCUT2D eigenvalue weighted by Gasteiger charge is 2.13. The summed E-state index contributed by atoms with van der Waals surface area (Å²) in [6.45, 7) is 2.24. The van der Waals surface area contributed by atoms with E-state index in [-0.39, 0.29) is 0 Å². The molecule has 1 aliphatic heterocycles. The maximum atomic E-state index is 3.58. The van der Waals surface area contributed by atoms with Crippen LogP contribution in [0.3, 0.4) is 0 Å². The lowest BCUT2D eigenvalue weighted by molar-refractivity contribution is 0.674. The van der Waals surface area contributed by atoms with Crippen LogP contribution < -0.4 is 5.32 Å². The van der Waals surface area contributed by atoms with Crippen LogP contribution >= 0.6 is 15.9 Å². The molecule has 1 N–H and O–H groups in total. The van der Waals surface area contributed by atoms with Gasteiger partial charge < -0.3 is 5.32 Å². The number of fused-ring (bicyclic) bond motifs is 1. The van der Waals surface area contributed by atoms with E-state index in [1.807, 2.05) is 0 Å². The molecular weight excluding hydrogens is 226 g/mol.